The molecule has 2 N–H and O–H groups in total. The highest BCUT2D eigenvalue weighted by atomic mass is 32.2. The van der Waals surface area contributed by atoms with Crippen LogP contribution in [0.5, 0.6) is 0 Å². The second kappa shape index (κ2) is 6.62. The van der Waals surface area contributed by atoms with Crippen LogP contribution in [-0.4, -0.2) is 39.7 Å². The van der Waals surface area contributed by atoms with Crippen molar-refractivity contribution in [3.05, 3.63) is 23.9 Å². The number of ether oxygens (including phenoxy) is 1. The van der Waals surface area contributed by atoms with Gasteiger partial charge in [-0.3, -0.25) is 0 Å². The van der Waals surface area contributed by atoms with Crippen LogP contribution in [0.1, 0.15) is 24.8 Å². The van der Waals surface area contributed by atoms with Gasteiger partial charge in [-0.2, -0.15) is 0 Å². The Kier molecular flexibility index (Phi) is 5.09. The molecule has 20 heavy (non-hydrogen) atoms. The van der Waals surface area contributed by atoms with Crippen molar-refractivity contribution < 1.29 is 13.2 Å². The van der Waals surface area contributed by atoms with E-state index in [0.29, 0.717) is 6.54 Å². The normalized spacial score (nSPS) is 23.1. The van der Waals surface area contributed by atoms with E-state index in [9.17, 15) is 8.42 Å². The van der Waals surface area contributed by atoms with Crippen LogP contribution in [0.2, 0.25) is 0 Å². The monoisotopic (exact) mass is 299 g/mol. The highest BCUT2D eigenvalue weighted by Gasteiger charge is 2.31. The number of rotatable bonds is 6. The van der Waals surface area contributed by atoms with Crippen molar-refractivity contribution in [3.63, 3.8) is 0 Å². The number of nitrogens with zero attached hydrogens (tertiary/aromatic N) is 1. The second-order valence-electron chi connectivity index (χ2n) is 4.97. The van der Waals surface area contributed by atoms with Crippen LogP contribution in [0.3, 0.4) is 0 Å². The maximum Gasteiger partial charge on any atom is 0.258 e. The zero-order valence-electron chi connectivity index (χ0n) is 11.8. The lowest BCUT2D eigenvalue weighted by Gasteiger charge is -2.19. The SMILES string of the molecule is CNCc1ccc(S(=O)(=O)NC2CCCC2OC)nc1. The Hall–Kier alpha value is -1.02. The van der Waals surface area contributed by atoms with Crippen molar-refractivity contribution in [1.29, 1.82) is 0 Å². The maximum atomic E-state index is 12.3. The molecule has 1 heterocycles. The number of sulfonamides is 1. The number of methoxy groups -OCH3 is 1. The van der Waals surface area contributed by atoms with E-state index >= 15 is 0 Å². The number of hydrogen-bond donors (Lipinski definition) is 2. The van der Waals surface area contributed by atoms with Crippen molar-refractivity contribution in [3.8, 4) is 0 Å². The van der Waals surface area contributed by atoms with E-state index < -0.39 is 10.0 Å². The minimum atomic E-state index is -3.58. The Balaban J connectivity index is 2.09. The van der Waals surface area contributed by atoms with Gasteiger partial charge in [0.1, 0.15) is 0 Å². The first-order valence-corrected chi connectivity index (χ1v) is 8.20. The molecule has 0 aromatic carbocycles. The molecule has 1 aliphatic rings. The first-order chi connectivity index (χ1) is 9.56. The summed E-state index contributed by atoms with van der Waals surface area (Å²) in [6.07, 6.45) is 4.19. The average Bonchev–Trinajstić information content (AvgIpc) is 2.86. The molecule has 1 aromatic rings. The first-order valence-electron chi connectivity index (χ1n) is 6.71. The molecule has 1 saturated carbocycles. The Morgan fingerprint density at radius 2 is 2.20 bits per heavy atom. The maximum absolute atomic E-state index is 12.3. The van der Waals surface area contributed by atoms with Crippen molar-refractivity contribution in [2.24, 2.45) is 0 Å². The van der Waals surface area contributed by atoms with Gasteiger partial charge in [0, 0.05) is 25.9 Å². The quantitative estimate of drug-likeness (QED) is 0.806. The van der Waals surface area contributed by atoms with Crippen molar-refractivity contribution in [1.82, 2.24) is 15.0 Å². The Labute approximate surface area is 120 Å². The molecule has 1 aliphatic carbocycles. The highest BCUT2D eigenvalue weighted by Crippen LogP contribution is 2.23. The molecule has 0 spiro atoms. The minimum Gasteiger partial charge on any atom is -0.380 e. The standard InChI is InChI=1S/C13H21N3O3S/c1-14-8-10-6-7-13(15-9-10)20(17,18)16-11-4-3-5-12(11)19-2/h6-7,9,11-12,14,16H,3-5,8H2,1-2H3. The second-order valence-corrected chi connectivity index (χ2v) is 6.63. The third kappa shape index (κ3) is 3.54. The van der Waals surface area contributed by atoms with E-state index in [1.54, 1.807) is 19.4 Å². The molecule has 0 aliphatic heterocycles. The average molecular weight is 299 g/mol. The fourth-order valence-electron chi connectivity index (χ4n) is 2.48. The molecule has 0 amide bonds. The topological polar surface area (TPSA) is 80.3 Å². The van der Waals surface area contributed by atoms with Gasteiger partial charge in [-0.05, 0) is 37.9 Å². The molecule has 2 unspecified atom stereocenters. The summed E-state index contributed by atoms with van der Waals surface area (Å²) in [5.74, 6) is 0. The molecule has 1 fully saturated rings. The number of aromatic nitrogens is 1. The number of pyridine rings is 1. The van der Waals surface area contributed by atoms with Crippen molar-refractivity contribution >= 4 is 10.0 Å². The molecule has 1 aromatic heterocycles. The van der Waals surface area contributed by atoms with Gasteiger partial charge in [-0.1, -0.05) is 6.07 Å². The lowest BCUT2D eigenvalue weighted by molar-refractivity contribution is 0.0916. The molecular weight excluding hydrogens is 278 g/mol. The Morgan fingerprint density at radius 3 is 2.80 bits per heavy atom. The first kappa shape index (κ1) is 15.4. The zero-order valence-corrected chi connectivity index (χ0v) is 12.6. The molecule has 7 heteroatoms. The Morgan fingerprint density at radius 1 is 1.40 bits per heavy atom. The molecule has 112 valence electrons. The largest absolute Gasteiger partial charge is 0.380 e. The van der Waals surface area contributed by atoms with Crippen molar-refractivity contribution in [2.75, 3.05) is 14.2 Å². The zero-order chi connectivity index (χ0) is 14.6. The van der Waals surface area contributed by atoms with E-state index in [1.165, 1.54) is 6.07 Å². The van der Waals surface area contributed by atoms with E-state index in [-0.39, 0.29) is 17.2 Å². The molecule has 0 saturated heterocycles. The van der Waals surface area contributed by atoms with Gasteiger partial charge in [-0.25, -0.2) is 18.1 Å². The lowest BCUT2D eigenvalue weighted by atomic mass is 10.2. The summed E-state index contributed by atoms with van der Waals surface area (Å²) in [5, 5.41) is 3.05. The van der Waals surface area contributed by atoms with Gasteiger partial charge in [0.05, 0.1) is 6.10 Å². The molecule has 2 rings (SSSR count). The van der Waals surface area contributed by atoms with Crippen LogP contribution in [0.4, 0.5) is 0 Å². The van der Waals surface area contributed by atoms with E-state index in [2.05, 4.69) is 15.0 Å². The van der Waals surface area contributed by atoms with E-state index in [1.807, 2.05) is 7.05 Å². The Bertz CT molecular complexity index is 530. The summed E-state index contributed by atoms with van der Waals surface area (Å²) >= 11 is 0. The minimum absolute atomic E-state index is 0.0478. The van der Waals surface area contributed by atoms with Crippen LogP contribution in [0.15, 0.2) is 23.4 Å². The predicted octanol–water partition coefficient (Wildman–Crippen LogP) is 0.647. The highest BCUT2D eigenvalue weighted by molar-refractivity contribution is 7.89. The molecule has 6 nitrogen and oxygen atoms in total. The molecule has 2 atom stereocenters. The van der Waals surface area contributed by atoms with Crippen LogP contribution >= 0.6 is 0 Å². The summed E-state index contributed by atoms with van der Waals surface area (Å²) in [7, 11) is -0.136. The summed E-state index contributed by atoms with van der Waals surface area (Å²) in [4.78, 5) is 4.03. The molecule has 0 bridgehead atoms. The van der Waals surface area contributed by atoms with Crippen LogP contribution in [0.25, 0.3) is 0 Å². The fraction of sp³-hybridized carbons (Fsp3) is 0.615. The fourth-order valence-corrected chi connectivity index (χ4v) is 3.71. The van der Waals surface area contributed by atoms with Crippen LogP contribution in [0, 0.1) is 0 Å². The van der Waals surface area contributed by atoms with E-state index in [4.69, 9.17) is 4.74 Å². The smallest absolute Gasteiger partial charge is 0.258 e. The van der Waals surface area contributed by atoms with Gasteiger partial charge in [-0.15, -0.1) is 0 Å². The third-order valence-corrected chi connectivity index (χ3v) is 4.92. The van der Waals surface area contributed by atoms with Gasteiger partial charge >= 0.3 is 0 Å². The van der Waals surface area contributed by atoms with Gasteiger partial charge in [0.2, 0.25) is 0 Å². The van der Waals surface area contributed by atoms with Gasteiger partial charge in [0.25, 0.3) is 10.0 Å². The summed E-state index contributed by atoms with van der Waals surface area (Å²) in [6.45, 7) is 0.662. The number of nitrogens with one attached hydrogen (secondary N) is 2. The van der Waals surface area contributed by atoms with Crippen molar-refractivity contribution in [2.45, 2.75) is 43.0 Å². The van der Waals surface area contributed by atoms with Gasteiger partial charge in [0.15, 0.2) is 5.03 Å². The van der Waals surface area contributed by atoms with Crippen LogP contribution in [-0.2, 0) is 21.3 Å². The summed E-state index contributed by atoms with van der Waals surface area (Å²) in [5.41, 5.74) is 0.946. The summed E-state index contributed by atoms with van der Waals surface area (Å²) < 4.78 is 32.5. The summed E-state index contributed by atoms with van der Waals surface area (Å²) in [6, 6.07) is 3.13. The predicted molar refractivity (Wildman–Crippen MR) is 75.8 cm³/mol. The van der Waals surface area contributed by atoms with Gasteiger partial charge < -0.3 is 10.1 Å². The third-order valence-electron chi connectivity index (χ3n) is 3.52. The molecule has 0 radical (unpaired) electrons. The van der Waals surface area contributed by atoms with Crippen LogP contribution < -0.4 is 10.0 Å². The number of hydrogen-bond acceptors (Lipinski definition) is 5. The molecular formula is C13H21N3O3S. The lowest BCUT2D eigenvalue weighted by Crippen LogP contribution is -2.40. The van der Waals surface area contributed by atoms with E-state index in [0.717, 1.165) is 24.8 Å².